The van der Waals surface area contributed by atoms with Gasteiger partial charge in [0.1, 0.15) is 82.3 Å². The number of rotatable bonds is 30. The summed E-state index contributed by atoms with van der Waals surface area (Å²) in [5, 5.41) is 61.6. The number of nitrogens with zero attached hydrogens (tertiary/aromatic N) is 2. The lowest BCUT2D eigenvalue weighted by atomic mass is 9.72. The SMILES string of the molecule is COc1cc2cc(c1Cl)N(C)C(=O)C[C@H](OC(=O)[C@H](C)N(C)C(=O)CCSSCCNC(=O)[C@H](Cc1c[nH]c3ccccc13)NC(=O)[C@@H]1CSSC[C@H](NC(=O)[C@H](N)Cc3ccccc3)C(=O)N[C@@H](Cc3ccc(O)cc3)CN[C@H](Cc3c[nH]c4ccccc34)C(=O)N[C@@H](CCCCN)C(=O)N[C@@H]([C@@H](C)O)C(=O)N1)[C@@]1(C)CC(C)(O1)[C@@H]1C[C@@](O)(NC(=O)O1)[C@H](OC)/C=C/C=C(\C)C2. The number of para-hydroxylation sites is 2. The normalized spacial score (nSPS) is 25.4. The van der Waals surface area contributed by atoms with Gasteiger partial charge in [-0.3, -0.25) is 48.5 Å². The monoisotopic (exact) mass is 1910 g/mol. The number of carbonyl (C=O) groups is 11. The van der Waals surface area contributed by atoms with E-state index >= 15 is 14.4 Å². The van der Waals surface area contributed by atoms with Gasteiger partial charge in [-0.1, -0.05) is 157 Å². The smallest absolute Gasteiger partial charge is 0.409 e. The van der Waals surface area contributed by atoms with Crippen LogP contribution in [-0.2, 0) is 99.0 Å². The van der Waals surface area contributed by atoms with E-state index in [-0.39, 0.29) is 105 Å². The van der Waals surface area contributed by atoms with Crippen molar-refractivity contribution in [2.75, 3.05) is 75.9 Å². The molecule has 18 N–H and O–H groups in total. The number of aromatic amines is 2. The van der Waals surface area contributed by atoms with Crippen molar-refractivity contribution >= 4 is 147 Å². The van der Waals surface area contributed by atoms with E-state index in [0.29, 0.717) is 41.8 Å². The molecule has 10 amide bonds. The van der Waals surface area contributed by atoms with Crippen LogP contribution >= 0.6 is 54.8 Å². The zero-order chi connectivity index (χ0) is 95.1. The molecule has 0 aliphatic carbocycles. The van der Waals surface area contributed by atoms with Crippen LogP contribution in [0.5, 0.6) is 11.5 Å². The highest BCUT2D eigenvalue weighted by Gasteiger charge is 2.63. The maximum Gasteiger partial charge on any atom is 0.409 e. The molecule has 0 saturated carbocycles. The van der Waals surface area contributed by atoms with E-state index in [1.54, 1.807) is 62.7 Å². The molecule has 7 heterocycles. The summed E-state index contributed by atoms with van der Waals surface area (Å²) in [6.45, 7) is 8.22. The summed E-state index contributed by atoms with van der Waals surface area (Å²) in [5.41, 5.74) is 14.2. The van der Waals surface area contributed by atoms with E-state index in [1.165, 1.54) is 85.7 Å². The lowest BCUT2D eigenvalue weighted by molar-refractivity contribution is -0.328. The summed E-state index contributed by atoms with van der Waals surface area (Å²) in [7, 11) is 10.6. The van der Waals surface area contributed by atoms with Gasteiger partial charge in [0.25, 0.3) is 0 Å². The van der Waals surface area contributed by atoms with E-state index in [0.717, 1.165) is 65.7 Å². The predicted molar refractivity (Wildman–Crippen MR) is 510 cm³/mol. The van der Waals surface area contributed by atoms with Crippen molar-refractivity contribution in [3.8, 4) is 11.5 Å². The predicted octanol–water partition coefficient (Wildman–Crippen LogP) is 6.28. The van der Waals surface area contributed by atoms with E-state index in [2.05, 4.69) is 57.8 Å². The van der Waals surface area contributed by atoms with Crippen molar-refractivity contribution in [2.45, 2.75) is 207 Å². The topological polar surface area (TPSA) is 493 Å². The molecule has 3 fully saturated rings. The minimum atomic E-state index is -1.96. The minimum absolute atomic E-state index is 0.000496. The van der Waals surface area contributed by atoms with Gasteiger partial charge in [-0.2, -0.15) is 0 Å². The van der Waals surface area contributed by atoms with E-state index in [9.17, 15) is 53.7 Å². The van der Waals surface area contributed by atoms with Gasteiger partial charge >= 0.3 is 12.1 Å². The maximum absolute atomic E-state index is 15.3. The summed E-state index contributed by atoms with van der Waals surface area (Å²) >= 11 is 6.92. The van der Waals surface area contributed by atoms with E-state index in [1.807, 2.05) is 91.9 Å². The number of H-pyrrole nitrogens is 2. The number of unbranched alkanes of at least 4 members (excludes halogenated alkanes) is 1. The lowest BCUT2D eigenvalue weighted by Gasteiger charge is -2.59. The van der Waals surface area contributed by atoms with Crippen LogP contribution in [0.15, 0.2) is 151 Å². The Morgan fingerprint density at radius 3 is 2.14 bits per heavy atom. The van der Waals surface area contributed by atoms with Gasteiger partial charge in [0.2, 0.25) is 53.2 Å². The third kappa shape index (κ3) is 27.2. The number of anilines is 1. The number of esters is 1. The van der Waals surface area contributed by atoms with Crippen molar-refractivity contribution in [1.29, 1.82) is 0 Å². The Morgan fingerprint density at radius 2 is 1.45 bits per heavy atom. The van der Waals surface area contributed by atoms with Gasteiger partial charge < -0.3 is 113 Å². The van der Waals surface area contributed by atoms with Crippen LogP contribution in [0.25, 0.3) is 21.8 Å². The molecule has 12 rings (SSSR count). The fraction of sp³-hybridized carbons (Fsp3) is 0.473. The number of amides is 10. The zero-order valence-corrected chi connectivity index (χ0v) is 79.3. The van der Waals surface area contributed by atoms with Crippen molar-refractivity contribution in [3.05, 3.63) is 184 Å². The summed E-state index contributed by atoms with van der Waals surface area (Å²) in [5.74, 6) is -6.73. The number of aromatic nitrogens is 2. The number of benzene rings is 5. The summed E-state index contributed by atoms with van der Waals surface area (Å²) in [4.78, 5) is 170. The van der Waals surface area contributed by atoms with E-state index in [4.69, 9.17) is 46.8 Å². The number of fused-ring (bicyclic) bond motifs is 8. The minimum Gasteiger partial charge on any atom is -0.508 e. The number of methoxy groups -OCH3 is 2. The molecule has 5 aromatic carbocycles. The molecule has 3 saturated heterocycles. The van der Waals surface area contributed by atoms with Crippen LogP contribution in [0, 0.1) is 0 Å². The lowest BCUT2D eigenvalue weighted by Crippen LogP contribution is -2.72. The molecular weight excluding hydrogens is 1790 g/mol. The molecule has 16 atom stereocenters. The van der Waals surface area contributed by atoms with Crippen LogP contribution in [0.2, 0.25) is 5.02 Å². The fourth-order valence-corrected chi connectivity index (χ4v) is 21.0. The highest BCUT2D eigenvalue weighted by molar-refractivity contribution is 8.77. The first-order valence-corrected chi connectivity index (χ1v) is 49.2. The van der Waals surface area contributed by atoms with E-state index < -0.39 is 167 Å². The largest absolute Gasteiger partial charge is 0.508 e. The Hall–Kier alpha value is -10.4. The molecule has 5 aliphatic rings. The summed E-state index contributed by atoms with van der Waals surface area (Å²) < 4.78 is 30.1. The molecule has 132 heavy (non-hydrogen) atoms. The fourth-order valence-electron chi connectivity index (χ4n) is 16.5. The highest BCUT2D eigenvalue weighted by Crippen LogP contribution is 2.51. The third-order valence-electron chi connectivity index (χ3n) is 24.0. The molecule has 5 aliphatic heterocycles. The molecular formula is C93H120ClN15O19S4. The molecule has 1 unspecified atom stereocenters. The number of hydrogen-bond acceptors (Lipinski definition) is 26. The van der Waals surface area contributed by atoms with Crippen LogP contribution in [0.4, 0.5) is 10.5 Å². The number of likely N-dealkylation sites (N-methyl/N-ethyl adjacent to an activating group) is 1. The Morgan fingerprint density at radius 1 is 0.780 bits per heavy atom. The van der Waals surface area contributed by atoms with Gasteiger partial charge in [0.15, 0.2) is 5.72 Å². The van der Waals surface area contributed by atoms with Crippen molar-refractivity contribution in [1.82, 2.24) is 62.7 Å². The number of carbonyl (C=O) groups excluding carboxylic acids is 11. The number of aliphatic hydroxyl groups excluding tert-OH is 1. The highest BCUT2D eigenvalue weighted by atomic mass is 35.5. The van der Waals surface area contributed by atoms with Crippen molar-refractivity contribution in [2.24, 2.45) is 11.5 Å². The number of ether oxygens (including phenoxy) is 5. The molecule has 39 heteroatoms. The van der Waals surface area contributed by atoms with Crippen LogP contribution in [-0.4, -0.2) is 262 Å². The maximum atomic E-state index is 15.3. The summed E-state index contributed by atoms with van der Waals surface area (Å²) in [6.07, 6.45) is 3.50. The number of alkyl carbamates (subject to hydrolysis) is 1. The molecule has 712 valence electrons. The average molecular weight is 1920 g/mol. The molecule has 34 nitrogen and oxygen atoms in total. The van der Waals surface area contributed by atoms with Gasteiger partial charge in [0.05, 0.1) is 37.4 Å². The molecule has 0 spiro atoms. The zero-order valence-electron chi connectivity index (χ0n) is 75.2. The number of aromatic hydroxyl groups is 1. The second-order valence-corrected chi connectivity index (χ2v) is 39.8. The Balaban J connectivity index is 0.783. The average Bonchev–Trinajstić information content (AvgIpc) is 0.831. The number of halogens is 1. The first-order chi connectivity index (χ1) is 63.1. The van der Waals surface area contributed by atoms with Crippen molar-refractivity contribution < 1.29 is 91.7 Å². The Labute approximate surface area is 787 Å². The standard InChI is InChI=1S/C93H120ClN15O19S4/c1-53-20-19-28-75(125-9)93(123)46-77(127-90(122)107-93)92(5)52-91(4,128-92)76(45-79(113)109(7)73-41-58(38-53)42-74(124-8)80(73)94)126-89(121)54(2)108(6)78(112)33-36-129-130-37-35-97-83(115)70(44-60-48-99-67-26-16-14-24-64(60)67)103-87(119)72-51-132-131-50-71(104-82(114)65(96)40-56-21-11-10-12-22-56)86(118)101-61(39-57-29-31-62(111)32-30-57)49-100-69(43-59-47-98-66-25-15-13-23-63(59)66)85(117)102-68(27-17-18-34-95)84(116)106-81(55(3)110)88(120)105-72/h10-16,19-26,28-32,41-42,47-48,54-55,61,65,68-72,75-77,81,98-100,110-111,123H,17-18,27,33-40,43-46,49-52,95-96H2,1-9H3,(H,97,115)(H,101,118)(H,102,117)(H,103,119)(H,104,114)(H,105,120)(H,106,116)(H,107,122)/b28-19+,53-20+/t54-,55+,61-,65+,68-,69+,70-,71-,72-,75+,76-,77-,81-,91+,92?,93-/m0/s1. The number of aliphatic hydroxyl groups is 2. The van der Waals surface area contributed by atoms with Crippen LogP contribution in [0.1, 0.15) is 107 Å². The first kappa shape index (κ1) is 102. The Kier molecular flexibility index (Phi) is 36.8. The first-order valence-electron chi connectivity index (χ1n) is 43.8. The second kappa shape index (κ2) is 47.5. The van der Waals surface area contributed by atoms with Gasteiger partial charge in [-0.05, 0) is 150 Å². The van der Waals surface area contributed by atoms with Crippen LogP contribution < -0.4 is 69.0 Å². The number of allylic oxidation sites excluding steroid dienone is 3. The molecule has 2 aromatic heterocycles. The number of phenolic OH excluding ortho intramolecular Hbond substituents is 1. The summed E-state index contributed by atoms with van der Waals surface area (Å²) in [6, 6.07) is 22.3. The number of nitrogens with one attached hydrogen (secondary N) is 11. The molecule has 0 radical (unpaired) electrons. The van der Waals surface area contributed by atoms with Gasteiger partial charge in [0, 0.05) is 123 Å². The Bertz CT molecular complexity index is 5280. The third-order valence-corrected chi connectivity index (χ3v) is 29.2. The number of phenols is 1. The van der Waals surface area contributed by atoms with Crippen LogP contribution in [0.3, 0.4) is 0 Å². The number of nitrogens with two attached hydrogens (primary N) is 2. The quantitative estimate of drug-likeness (QED) is 0.0134. The second-order valence-electron chi connectivity index (χ2n) is 34.1. The molecule has 7 aromatic rings. The number of hydrogen-bond donors (Lipinski definition) is 16. The van der Waals surface area contributed by atoms with Gasteiger partial charge in [-0.15, -0.1) is 0 Å². The van der Waals surface area contributed by atoms with Crippen molar-refractivity contribution in [3.63, 3.8) is 0 Å². The van der Waals surface area contributed by atoms with Gasteiger partial charge in [-0.25, -0.2) is 9.59 Å². The molecule has 6 bridgehead atoms.